The molecule has 2 aromatic rings. The molecule has 0 bridgehead atoms. The van der Waals surface area contributed by atoms with Gasteiger partial charge in [-0.3, -0.25) is 9.78 Å². The molecule has 1 aromatic carbocycles. The van der Waals surface area contributed by atoms with Crippen molar-refractivity contribution in [2.75, 3.05) is 18.5 Å². The van der Waals surface area contributed by atoms with Gasteiger partial charge in [0.15, 0.2) is 0 Å². The van der Waals surface area contributed by atoms with Crippen LogP contribution in [-0.4, -0.2) is 24.1 Å². The van der Waals surface area contributed by atoms with Gasteiger partial charge in [-0.1, -0.05) is 30.3 Å². The maximum Gasteiger partial charge on any atom is 0.274 e. The third-order valence-corrected chi connectivity index (χ3v) is 3.36. The first-order chi connectivity index (χ1) is 10.3. The van der Waals surface area contributed by atoms with Crippen LogP contribution >= 0.6 is 0 Å². The minimum Gasteiger partial charge on any atom is -0.377 e. The minimum absolute atomic E-state index is 0.200. The number of hydrogen-bond donors (Lipinski definition) is 1. The molecule has 1 aliphatic heterocycles. The van der Waals surface area contributed by atoms with E-state index < -0.39 is 0 Å². The molecular weight excluding hydrogens is 264 g/mol. The van der Waals surface area contributed by atoms with Crippen molar-refractivity contribution in [1.82, 2.24) is 4.98 Å². The zero-order chi connectivity index (χ0) is 14.5. The SMILES string of the molecule is O=C(Nc1ccccc1)c1ccc(C2=CCOCC2)cn1. The fourth-order valence-electron chi connectivity index (χ4n) is 2.22. The van der Waals surface area contributed by atoms with E-state index in [0.717, 1.165) is 24.3 Å². The van der Waals surface area contributed by atoms with Gasteiger partial charge in [0, 0.05) is 11.9 Å². The van der Waals surface area contributed by atoms with Crippen LogP contribution in [0.15, 0.2) is 54.7 Å². The number of aromatic nitrogens is 1. The lowest BCUT2D eigenvalue weighted by Crippen LogP contribution is -2.13. The monoisotopic (exact) mass is 280 g/mol. The van der Waals surface area contributed by atoms with Gasteiger partial charge < -0.3 is 10.1 Å². The Hall–Kier alpha value is -2.46. The average molecular weight is 280 g/mol. The van der Waals surface area contributed by atoms with Crippen LogP contribution in [0.1, 0.15) is 22.5 Å². The van der Waals surface area contributed by atoms with E-state index in [-0.39, 0.29) is 5.91 Å². The van der Waals surface area contributed by atoms with Crippen molar-refractivity contribution in [2.45, 2.75) is 6.42 Å². The van der Waals surface area contributed by atoms with Crippen LogP contribution in [0.5, 0.6) is 0 Å². The van der Waals surface area contributed by atoms with E-state index in [4.69, 9.17) is 4.74 Å². The Balaban J connectivity index is 1.72. The highest BCUT2D eigenvalue weighted by atomic mass is 16.5. The van der Waals surface area contributed by atoms with Crippen molar-refractivity contribution >= 4 is 17.2 Å². The quantitative estimate of drug-likeness (QED) is 0.939. The maximum absolute atomic E-state index is 12.1. The summed E-state index contributed by atoms with van der Waals surface area (Å²) in [6, 6.07) is 13.0. The number of para-hydroxylation sites is 1. The van der Waals surface area contributed by atoms with E-state index in [1.807, 2.05) is 36.4 Å². The second-order valence-electron chi connectivity index (χ2n) is 4.81. The molecule has 0 atom stereocenters. The normalized spacial score (nSPS) is 14.4. The highest BCUT2D eigenvalue weighted by molar-refractivity contribution is 6.02. The van der Waals surface area contributed by atoms with Crippen molar-refractivity contribution in [1.29, 1.82) is 0 Å². The van der Waals surface area contributed by atoms with E-state index in [1.165, 1.54) is 5.57 Å². The number of rotatable bonds is 3. The molecule has 1 N–H and O–H groups in total. The number of benzene rings is 1. The van der Waals surface area contributed by atoms with Gasteiger partial charge in [0.1, 0.15) is 5.69 Å². The first-order valence-electron chi connectivity index (χ1n) is 6.92. The van der Waals surface area contributed by atoms with Gasteiger partial charge in [-0.2, -0.15) is 0 Å². The molecule has 0 saturated heterocycles. The predicted molar refractivity (Wildman–Crippen MR) is 82.0 cm³/mol. The first-order valence-corrected chi connectivity index (χ1v) is 6.92. The smallest absolute Gasteiger partial charge is 0.274 e. The molecular formula is C17H16N2O2. The molecule has 1 amide bonds. The number of hydrogen-bond acceptors (Lipinski definition) is 3. The molecule has 2 heterocycles. The molecule has 0 saturated carbocycles. The molecule has 4 nitrogen and oxygen atoms in total. The van der Waals surface area contributed by atoms with Crippen molar-refractivity contribution in [2.24, 2.45) is 0 Å². The van der Waals surface area contributed by atoms with E-state index in [1.54, 1.807) is 12.3 Å². The van der Waals surface area contributed by atoms with Crippen LogP contribution < -0.4 is 5.32 Å². The second kappa shape index (κ2) is 6.33. The van der Waals surface area contributed by atoms with Crippen LogP contribution in [0.25, 0.3) is 5.57 Å². The fourth-order valence-corrected chi connectivity index (χ4v) is 2.22. The number of ether oxygens (including phenoxy) is 1. The van der Waals surface area contributed by atoms with Crippen LogP contribution in [-0.2, 0) is 4.74 Å². The second-order valence-corrected chi connectivity index (χ2v) is 4.81. The topological polar surface area (TPSA) is 51.2 Å². The fraction of sp³-hybridized carbons (Fsp3) is 0.176. The molecule has 4 heteroatoms. The maximum atomic E-state index is 12.1. The lowest BCUT2D eigenvalue weighted by Gasteiger charge is -2.13. The van der Waals surface area contributed by atoms with Gasteiger partial charge in [0.2, 0.25) is 0 Å². The van der Waals surface area contributed by atoms with Gasteiger partial charge in [-0.15, -0.1) is 0 Å². The predicted octanol–water partition coefficient (Wildman–Crippen LogP) is 3.14. The largest absolute Gasteiger partial charge is 0.377 e. The molecule has 1 aliphatic rings. The van der Waals surface area contributed by atoms with Gasteiger partial charge in [0.05, 0.1) is 13.2 Å². The molecule has 0 spiro atoms. The molecule has 0 aliphatic carbocycles. The number of anilines is 1. The summed E-state index contributed by atoms with van der Waals surface area (Å²) >= 11 is 0. The molecule has 0 fully saturated rings. The van der Waals surface area contributed by atoms with Crippen LogP contribution in [0, 0.1) is 0 Å². The van der Waals surface area contributed by atoms with Crippen LogP contribution in [0.3, 0.4) is 0 Å². The molecule has 106 valence electrons. The Bertz CT molecular complexity index is 648. The van der Waals surface area contributed by atoms with Crippen molar-refractivity contribution in [3.8, 4) is 0 Å². The Morgan fingerprint density at radius 3 is 2.67 bits per heavy atom. The molecule has 1 aromatic heterocycles. The minimum atomic E-state index is -0.200. The Morgan fingerprint density at radius 2 is 2.00 bits per heavy atom. The first kappa shape index (κ1) is 13.5. The molecule has 0 radical (unpaired) electrons. The summed E-state index contributed by atoms with van der Waals surface area (Å²) in [5, 5.41) is 2.82. The van der Waals surface area contributed by atoms with Gasteiger partial charge in [-0.25, -0.2) is 0 Å². The number of carbonyl (C=O) groups is 1. The molecule has 0 unspecified atom stereocenters. The summed E-state index contributed by atoms with van der Waals surface area (Å²) in [5.74, 6) is -0.200. The standard InChI is InChI=1S/C17H16N2O2/c20-17(19-15-4-2-1-3-5-15)16-7-6-14(12-18-16)13-8-10-21-11-9-13/h1-8,12H,9-11H2,(H,19,20). The third kappa shape index (κ3) is 3.35. The number of amides is 1. The summed E-state index contributed by atoms with van der Waals surface area (Å²) < 4.78 is 5.29. The number of nitrogens with one attached hydrogen (secondary N) is 1. The summed E-state index contributed by atoms with van der Waals surface area (Å²) in [7, 11) is 0. The van der Waals surface area contributed by atoms with Gasteiger partial charge in [-0.05, 0) is 35.8 Å². The van der Waals surface area contributed by atoms with E-state index in [0.29, 0.717) is 12.3 Å². The average Bonchev–Trinajstić information content (AvgIpc) is 2.57. The van der Waals surface area contributed by atoms with Crippen LogP contribution in [0.4, 0.5) is 5.69 Å². The van der Waals surface area contributed by atoms with Crippen molar-refractivity contribution < 1.29 is 9.53 Å². The summed E-state index contributed by atoms with van der Waals surface area (Å²) in [6.07, 6.45) is 4.69. The van der Waals surface area contributed by atoms with E-state index in [9.17, 15) is 4.79 Å². The highest BCUT2D eigenvalue weighted by Crippen LogP contribution is 2.20. The summed E-state index contributed by atoms with van der Waals surface area (Å²) in [4.78, 5) is 16.3. The van der Waals surface area contributed by atoms with Gasteiger partial charge >= 0.3 is 0 Å². The number of carbonyl (C=O) groups excluding carboxylic acids is 1. The number of pyridine rings is 1. The van der Waals surface area contributed by atoms with Crippen molar-refractivity contribution in [3.63, 3.8) is 0 Å². The summed E-state index contributed by atoms with van der Waals surface area (Å²) in [5.41, 5.74) is 3.45. The zero-order valence-electron chi connectivity index (χ0n) is 11.6. The Morgan fingerprint density at radius 1 is 1.14 bits per heavy atom. The molecule has 3 rings (SSSR count). The highest BCUT2D eigenvalue weighted by Gasteiger charge is 2.10. The summed E-state index contributed by atoms with van der Waals surface area (Å²) in [6.45, 7) is 1.38. The lowest BCUT2D eigenvalue weighted by molar-refractivity contribution is 0.102. The molecule has 21 heavy (non-hydrogen) atoms. The lowest BCUT2D eigenvalue weighted by atomic mass is 10.0. The van der Waals surface area contributed by atoms with Gasteiger partial charge in [0.25, 0.3) is 5.91 Å². The number of nitrogens with zero attached hydrogens (tertiary/aromatic N) is 1. The van der Waals surface area contributed by atoms with Crippen LogP contribution in [0.2, 0.25) is 0 Å². The van der Waals surface area contributed by atoms with Crippen molar-refractivity contribution in [3.05, 3.63) is 66.0 Å². The van der Waals surface area contributed by atoms with E-state index >= 15 is 0 Å². The Kier molecular flexibility index (Phi) is 4.07. The Labute approximate surface area is 123 Å². The zero-order valence-corrected chi connectivity index (χ0v) is 11.6. The van der Waals surface area contributed by atoms with E-state index in [2.05, 4.69) is 16.4 Å². The third-order valence-electron chi connectivity index (χ3n) is 3.36.